The fourth-order valence-corrected chi connectivity index (χ4v) is 4.19. The smallest absolute Gasteiger partial charge is 0.312 e. The largest absolute Gasteiger partial charge is 0.490 e. The average molecular weight is 439 g/mol. The number of aryl methyl sites for hydroxylation is 1. The van der Waals surface area contributed by atoms with Gasteiger partial charge in [0.25, 0.3) is 10.0 Å². The zero-order chi connectivity index (χ0) is 22.2. The van der Waals surface area contributed by atoms with Crippen molar-refractivity contribution in [2.24, 2.45) is 0 Å². The highest BCUT2D eigenvalue weighted by molar-refractivity contribution is 7.92. The van der Waals surface area contributed by atoms with Gasteiger partial charge < -0.3 is 9.15 Å². The van der Waals surface area contributed by atoms with Gasteiger partial charge in [0.1, 0.15) is 5.52 Å². The van der Waals surface area contributed by atoms with Crippen molar-refractivity contribution >= 4 is 32.5 Å². The number of para-hydroxylation sites is 2. The summed E-state index contributed by atoms with van der Waals surface area (Å²) in [6.07, 6.45) is 0. The topological polar surface area (TPSA) is 125 Å². The van der Waals surface area contributed by atoms with E-state index in [0.29, 0.717) is 33.8 Å². The lowest BCUT2D eigenvalue weighted by Crippen LogP contribution is -2.14. The van der Waals surface area contributed by atoms with Gasteiger partial charge in [0, 0.05) is 11.6 Å². The third-order valence-electron chi connectivity index (χ3n) is 4.68. The summed E-state index contributed by atoms with van der Waals surface area (Å²) < 4.78 is 39.0. The Balaban J connectivity index is 1.71. The average Bonchev–Trinajstić information content (AvgIpc) is 3.19. The summed E-state index contributed by atoms with van der Waals surface area (Å²) in [6, 6.07) is 15.8. The summed E-state index contributed by atoms with van der Waals surface area (Å²) in [5.41, 5.74) is 2.41. The summed E-state index contributed by atoms with van der Waals surface area (Å²) in [7, 11) is -2.83. The van der Waals surface area contributed by atoms with Crippen LogP contribution >= 0.6 is 0 Å². The molecule has 0 saturated heterocycles. The molecular formula is C21H17N3O6S. The number of ether oxygens (including phenoxy) is 1. The fourth-order valence-electron chi connectivity index (χ4n) is 3.04. The lowest BCUT2D eigenvalue weighted by atomic mass is 10.1. The molecule has 31 heavy (non-hydrogen) atoms. The SMILES string of the molecule is COc1ccc(S(=O)(=O)Nc2cc(-c3nc4ccccc4o3)ccc2C)cc1[N+](=O)[O-]. The second-order valence-electron chi connectivity index (χ2n) is 6.71. The quantitative estimate of drug-likeness (QED) is 0.346. The minimum atomic E-state index is -4.10. The van der Waals surface area contributed by atoms with E-state index in [1.165, 1.54) is 19.2 Å². The molecular weight excluding hydrogens is 422 g/mol. The molecule has 158 valence electrons. The first kappa shape index (κ1) is 20.4. The van der Waals surface area contributed by atoms with Crippen LogP contribution in [0.2, 0.25) is 0 Å². The zero-order valence-electron chi connectivity index (χ0n) is 16.5. The predicted octanol–water partition coefficient (Wildman–Crippen LogP) is 4.52. The molecule has 10 heteroatoms. The minimum absolute atomic E-state index is 0.0295. The zero-order valence-corrected chi connectivity index (χ0v) is 17.3. The molecule has 0 saturated carbocycles. The van der Waals surface area contributed by atoms with Crippen molar-refractivity contribution in [1.29, 1.82) is 0 Å². The number of nitrogens with zero attached hydrogens (tertiary/aromatic N) is 2. The van der Waals surface area contributed by atoms with Crippen LogP contribution in [0.4, 0.5) is 11.4 Å². The Morgan fingerprint density at radius 3 is 2.58 bits per heavy atom. The highest BCUT2D eigenvalue weighted by atomic mass is 32.2. The fraction of sp³-hybridized carbons (Fsp3) is 0.0952. The number of oxazole rings is 1. The second-order valence-corrected chi connectivity index (χ2v) is 8.40. The van der Waals surface area contributed by atoms with Gasteiger partial charge in [-0.25, -0.2) is 13.4 Å². The second kappa shape index (κ2) is 7.73. The highest BCUT2D eigenvalue weighted by Gasteiger charge is 2.23. The Kier molecular flexibility index (Phi) is 5.07. The van der Waals surface area contributed by atoms with E-state index < -0.39 is 20.6 Å². The molecule has 0 radical (unpaired) electrons. The van der Waals surface area contributed by atoms with Gasteiger partial charge in [-0.2, -0.15) is 0 Å². The van der Waals surface area contributed by atoms with E-state index in [9.17, 15) is 18.5 Å². The van der Waals surface area contributed by atoms with Crippen molar-refractivity contribution in [3.8, 4) is 17.2 Å². The standard InChI is InChI=1S/C21H17N3O6S/c1-13-7-8-14(21-22-16-5-3-4-6-19(16)30-21)11-17(13)23-31(27,28)15-9-10-20(29-2)18(12-15)24(25)26/h3-12,23H,1-2H3. The molecule has 0 atom stereocenters. The summed E-state index contributed by atoms with van der Waals surface area (Å²) in [6.45, 7) is 1.74. The summed E-state index contributed by atoms with van der Waals surface area (Å²) in [5.74, 6) is 0.319. The first-order valence-electron chi connectivity index (χ1n) is 9.10. The summed E-state index contributed by atoms with van der Waals surface area (Å²) in [4.78, 5) is 14.7. The van der Waals surface area contributed by atoms with Crippen molar-refractivity contribution in [2.45, 2.75) is 11.8 Å². The number of nitrogens with one attached hydrogen (secondary N) is 1. The molecule has 0 unspecified atom stereocenters. The van der Waals surface area contributed by atoms with Gasteiger partial charge >= 0.3 is 5.69 Å². The predicted molar refractivity (Wildman–Crippen MR) is 115 cm³/mol. The number of benzene rings is 3. The van der Waals surface area contributed by atoms with E-state index in [-0.39, 0.29) is 10.6 Å². The number of sulfonamides is 1. The van der Waals surface area contributed by atoms with Gasteiger partial charge in [-0.1, -0.05) is 18.2 Å². The number of nitro groups is 1. The molecule has 0 amide bonds. The number of hydrogen-bond acceptors (Lipinski definition) is 7. The van der Waals surface area contributed by atoms with Crippen molar-refractivity contribution in [2.75, 3.05) is 11.8 Å². The Bertz CT molecular complexity index is 1380. The maximum absolute atomic E-state index is 12.9. The molecule has 1 heterocycles. The van der Waals surface area contributed by atoms with Crippen LogP contribution in [-0.4, -0.2) is 25.4 Å². The van der Waals surface area contributed by atoms with E-state index >= 15 is 0 Å². The van der Waals surface area contributed by atoms with E-state index in [0.717, 1.165) is 6.07 Å². The van der Waals surface area contributed by atoms with Crippen LogP contribution < -0.4 is 9.46 Å². The van der Waals surface area contributed by atoms with Crippen LogP contribution in [0, 0.1) is 17.0 Å². The van der Waals surface area contributed by atoms with Crippen LogP contribution in [-0.2, 0) is 10.0 Å². The van der Waals surface area contributed by atoms with Crippen LogP contribution in [0.3, 0.4) is 0 Å². The number of rotatable bonds is 6. The van der Waals surface area contributed by atoms with Crippen LogP contribution in [0.1, 0.15) is 5.56 Å². The molecule has 0 aliphatic rings. The van der Waals surface area contributed by atoms with Crippen molar-refractivity contribution in [3.63, 3.8) is 0 Å². The molecule has 0 spiro atoms. The summed E-state index contributed by atoms with van der Waals surface area (Å²) >= 11 is 0. The molecule has 4 rings (SSSR count). The molecule has 3 aromatic carbocycles. The first-order chi connectivity index (χ1) is 14.8. The van der Waals surface area contributed by atoms with Crippen molar-refractivity contribution in [3.05, 3.63) is 76.3 Å². The maximum Gasteiger partial charge on any atom is 0.312 e. The van der Waals surface area contributed by atoms with Gasteiger partial charge in [0.15, 0.2) is 11.3 Å². The lowest BCUT2D eigenvalue weighted by molar-refractivity contribution is -0.386. The van der Waals surface area contributed by atoms with Gasteiger partial charge in [-0.15, -0.1) is 0 Å². The summed E-state index contributed by atoms with van der Waals surface area (Å²) in [5, 5.41) is 11.2. The van der Waals surface area contributed by atoms with Crippen molar-refractivity contribution in [1.82, 2.24) is 4.98 Å². The van der Waals surface area contributed by atoms with Crippen LogP contribution in [0.15, 0.2) is 70.0 Å². The van der Waals surface area contributed by atoms with Crippen LogP contribution in [0.25, 0.3) is 22.6 Å². The number of anilines is 1. The number of aromatic nitrogens is 1. The first-order valence-corrected chi connectivity index (χ1v) is 10.6. The highest BCUT2D eigenvalue weighted by Crippen LogP contribution is 2.32. The molecule has 9 nitrogen and oxygen atoms in total. The third kappa shape index (κ3) is 3.92. The molecule has 0 aliphatic heterocycles. The van der Waals surface area contributed by atoms with E-state index in [1.807, 2.05) is 18.2 Å². The number of nitro benzene ring substituents is 1. The van der Waals surface area contributed by atoms with Crippen LogP contribution in [0.5, 0.6) is 5.75 Å². The molecule has 4 aromatic rings. The van der Waals surface area contributed by atoms with E-state index in [4.69, 9.17) is 9.15 Å². The Hall–Kier alpha value is -3.92. The molecule has 0 fully saturated rings. The Morgan fingerprint density at radius 2 is 1.87 bits per heavy atom. The van der Waals surface area contributed by atoms with Gasteiger partial charge in [0.2, 0.25) is 5.89 Å². The lowest BCUT2D eigenvalue weighted by Gasteiger charge is -2.12. The van der Waals surface area contributed by atoms with Gasteiger partial charge in [-0.3, -0.25) is 14.8 Å². The van der Waals surface area contributed by atoms with E-state index in [2.05, 4.69) is 9.71 Å². The Morgan fingerprint density at radius 1 is 1.10 bits per heavy atom. The number of fused-ring (bicyclic) bond motifs is 1. The minimum Gasteiger partial charge on any atom is -0.490 e. The third-order valence-corrected chi connectivity index (χ3v) is 6.04. The molecule has 1 aromatic heterocycles. The molecule has 0 aliphatic carbocycles. The monoisotopic (exact) mass is 439 g/mol. The Labute approximate surface area is 177 Å². The van der Waals surface area contributed by atoms with Crippen molar-refractivity contribution < 1.29 is 22.5 Å². The van der Waals surface area contributed by atoms with Gasteiger partial charge in [-0.05, 0) is 48.9 Å². The number of hydrogen-bond donors (Lipinski definition) is 1. The number of methoxy groups -OCH3 is 1. The maximum atomic E-state index is 12.9. The molecule has 0 bridgehead atoms. The van der Waals surface area contributed by atoms with Gasteiger partial charge in [0.05, 0.1) is 22.6 Å². The molecule has 1 N–H and O–H groups in total. The van der Waals surface area contributed by atoms with E-state index in [1.54, 1.807) is 31.2 Å². The normalized spacial score (nSPS) is 11.4.